The Labute approximate surface area is 714 Å². The summed E-state index contributed by atoms with van der Waals surface area (Å²) in [4.78, 5) is 32.8. The van der Waals surface area contributed by atoms with Gasteiger partial charge in [0.1, 0.15) is 22.3 Å². The zero-order valence-electron chi connectivity index (χ0n) is 66.8. The van der Waals surface area contributed by atoms with E-state index in [1.165, 1.54) is 89.0 Å². The van der Waals surface area contributed by atoms with Gasteiger partial charge in [-0.05, 0) is 217 Å². The number of furan rings is 2. The third-order valence-corrected chi connectivity index (χ3v) is 26.5. The highest BCUT2D eigenvalue weighted by atomic mass is 16.3. The largest absolute Gasteiger partial charge is 0.456 e. The third-order valence-electron chi connectivity index (χ3n) is 26.5. The SMILES string of the molecule is c1ccc(-c2cccc(-c3nc(-c4ccc5c(c4)-c4ccccc4C54c5ccccc5-c5ccc(-c6cccc(-c7cccc(-c8nc(-c9ccc%10c(c9)-c9ccccc9C%109c%10ccccc%10-c%10ccccc%10-c%10ccccc%109)nc(-c9cccc%10oc%11ccccc%11c9%10)n8)c7)c6)cc5-c5ccccc54)nc(-c4ccc5oc6ccccc6c5c4)n3)c2)cc1. The molecule has 574 valence electrons. The fourth-order valence-electron chi connectivity index (χ4n) is 21.1. The normalized spacial score (nSPS) is 13.9. The van der Waals surface area contributed by atoms with Gasteiger partial charge in [-0.3, -0.25) is 0 Å². The van der Waals surface area contributed by atoms with Crippen molar-refractivity contribution in [3.63, 3.8) is 0 Å². The van der Waals surface area contributed by atoms with Gasteiger partial charge in [0, 0.05) is 54.9 Å². The van der Waals surface area contributed by atoms with Crippen LogP contribution in [0.5, 0.6) is 0 Å². The number of hydrogen-bond acceptors (Lipinski definition) is 8. The first-order valence-electron chi connectivity index (χ1n) is 42.3. The van der Waals surface area contributed by atoms with Crippen LogP contribution in [0.25, 0.3) is 212 Å². The molecule has 4 aromatic heterocycles. The molecule has 22 aromatic rings. The van der Waals surface area contributed by atoms with Crippen molar-refractivity contribution >= 4 is 43.9 Å². The molecule has 124 heavy (non-hydrogen) atoms. The predicted octanol–water partition coefficient (Wildman–Crippen LogP) is 28.9. The molecule has 4 aliphatic rings. The van der Waals surface area contributed by atoms with Crippen molar-refractivity contribution in [3.8, 4) is 168 Å². The smallest absolute Gasteiger partial charge is 0.164 e. The molecule has 18 aromatic carbocycles. The van der Waals surface area contributed by atoms with Crippen molar-refractivity contribution in [1.82, 2.24) is 29.9 Å². The predicted molar refractivity (Wildman–Crippen MR) is 500 cm³/mol. The number of nitrogens with zero attached hydrogens (tertiary/aromatic N) is 6. The summed E-state index contributed by atoms with van der Waals surface area (Å²) >= 11 is 0. The molecule has 0 aliphatic heterocycles. The minimum atomic E-state index is -0.737. The Morgan fingerprint density at radius 2 is 0.427 bits per heavy atom. The molecule has 2 spiro atoms. The number of para-hydroxylation sites is 2. The zero-order chi connectivity index (χ0) is 81.3. The van der Waals surface area contributed by atoms with Gasteiger partial charge in [-0.25, -0.2) is 29.9 Å². The first kappa shape index (κ1) is 69.5. The Morgan fingerprint density at radius 1 is 0.145 bits per heavy atom. The average Bonchev–Trinajstić information content (AvgIpc) is 1.52. The maximum absolute atomic E-state index is 6.56. The Balaban J connectivity index is 0.588. The Kier molecular flexibility index (Phi) is 15.2. The van der Waals surface area contributed by atoms with Crippen molar-refractivity contribution in [2.45, 2.75) is 10.8 Å². The van der Waals surface area contributed by atoms with Crippen molar-refractivity contribution < 1.29 is 8.83 Å². The van der Waals surface area contributed by atoms with E-state index in [-0.39, 0.29) is 0 Å². The molecule has 4 heterocycles. The minimum absolute atomic E-state index is 0.552. The number of hydrogen-bond donors (Lipinski definition) is 0. The third kappa shape index (κ3) is 10.3. The second-order valence-electron chi connectivity index (χ2n) is 32.9. The molecule has 1 atom stereocenters. The van der Waals surface area contributed by atoms with Crippen molar-refractivity contribution in [3.05, 3.63) is 457 Å². The molecular formula is C116H68N6O2. The van der Waals surface area contributed by atoms with Crippen LogP contribution in [0.3, 0.4) is 0 Å². The standard InChI is InChI=1S/C116H68N6O2/c1-2-26-69(27-3-1)70-28-23-32-75(63-70)109-117-111(120-112(118-109)79-57-61-106-95(68-79)89-42-12-20-51-104(89)123-106)77-55-59-103-93(66-77)88-41-11-19-50-101(88)116(103)98-47-16-8-38-85(98)82-58-54-74(65-92(82)86-39-9-17-48-99(86)116)72-30-22-29-71(62-72)73-31-24-33-76(64-73)110-119-113(122-114(121-110)91-44-25-53-107-108(91)90-43-13-21-52-105(90)124-107)78-56-60-102-94(67-78)87-40-10-18-49-100(87)115(102)96-45-14-6-36-83(96)80-34-4-5-35-81(80)84-37-7-15-46-97(84)115/h1-68H. The van der Waals surface area contributed by atoms with Crippen LogP contribution in [0.15, 0.2) is 421 Å². The number of aromatic nitrogens is 6. The van der Waals surface area contributed by atoms with Crippen molar-refractivity contribution in [1.29, 1.82) is 0 Å². The van der Waals surface area contributed by atoms with E-state index in [1.807, 2.05) is 48.5 Å². The lowest BCUT2D eigenvalue weighted by atomic mass is 9.66. The average molecular weight is 1580 g/mol. The van der Waals surface area contributed by atoms with Gasteiger partial charge in [0.25, 0.3) is 0 Å². The molecule has 0 fully saturated rings. The Morgan fingerprint density at radius 3 is 0.927 bits per heavy atom. The lowest BCUT2D eigenvalue weighted by molar-refractivity contribution is 0.668. The van der Waals surface area contributed by atoms with Gasteiger partial charge in [-0.1, -0.05) is 340 Å². The van der Waals surface area contributed by atoms with Gasteiger partial charge in [0.05, 0.1) is 10.8 Å². The molecule has 0 bridgehead atoms. The zero-order valence-corrected chi connectivity index (χ0v) is 66.8. The number of rotatable bonds is 9. The van der Waals surface area contributed by atoms with E-state index < -0.39 is 10.8 Å². The van der Waals surface area contributed by atoms with Gasteiger partial charge >= 0.3 is 0 Å². The van der Waals surface area contributed by atoms with Crippen LogP contribution in [0, 0.1) is 0 Å². The van der Waals surface area contributed by atoms with E-state index in [2.05, 4.69) is 364 Å². The van der Waals surface area contributed by atoms with Crippen molar-refractivity contribution in [2.24, 2.45) is 0 Å². The highest BCUT2D eigenvalue weighted by Gasteiger charge is 2.52. The van der Waals surface area contributed by atoms with Crippen LogP contribution in [-0.4, -0.2) is 29.9 Å². The lowest BCUT2D eigenvalue weighted by Crippen LogP contribution is -2.29. The van der Waals surface area contributed by atoms with Crippen LogP contribution in [0.2, 0.25) is 0 Å². The maximum Gasteiger partial charge on any atom is 0.164 e. The molecule has 8 nitrogen and oxygen atoms in total. The van der Waals surface area contributed by atoms with Crippen LogP contribution < -0.4 is 0 Å². The second-order valence-corrected chi connectivity index (χ2v) is 32.9. The van der Waals surface area contributed by atoms with E-state index in [0.29, 0.717) is 34.9 Å². The van der Waals surface area contributed by atoms with Crippen LogP contribution in [-0.2, 0) is 10.8 Å². The Bertz CT molecular complexity index is 8230. The van der Waals surface area contributed by atoms with Crippen molar-refractivity contribution in [2.75, 3.05) is 0 Å². The van der Waals surface area contributed by atoms with E-state index in [1.54, 1.807) is 0 Å². The summed E-state index contributed by atoms with van der Waals surface area (Å²) in [7, 11) is 0. The molecular weight excluding hydrogens is 1510 g/mol. The van der Waals surface area contributed by atoms with Gasteiger partial charge in [-0.15, -0.1) is 0 Å². The first-order chi connectivity index (χ1) is 61.4. The molecule has 26 rings (SSSR count). The van der Waals surface area contributed by atoms with Crippen LogP contribution in [0.1, 0.15) is 44.5 Å². The monoisotopic (exact) mass is 1580 g/mol. The summed E-state index contributed by atoms with van der Waals surface area (Å²) in [6.45, 7) is 0. The van der Waals surface area contributed by atoms with E-state index >= 15 is 0 Å². The molecule has 0 saturated carbocycles. The summed E-state index contributed by atoms with van der Waals surface area (Å²) < 4.78 is 12.9. The second kappa shape index (κ2) is 27.0. The first-order valence-corrected chi connectivity index (χ1v) is 42.3. The summed E-state index contributed by atoms with van der Waals surface area (Å²) in [5.41, 5.74) is 37.6. The Hall–Kier alpha value is -16.4. The molecule has 8 heteroatoms. The lowest BCUT2D eigenvalue weighted by Gasteiger charge is -2.35. The van der Waals surface area contributed by atoms with Gasteiger partial charge in [-0.2, -0.15) is 0 Å². The minimum Gasteiger partial charge on any atom is -0.456 e. The van der Waals surface area contributed by atoms with Crippen LogP contribution in [0.4, 0.5) is 0 Å². The topological polar surface area (TPSA) is 104 Å². The molecule has 4 aliphatic carbocycles. The summed E-state index contributed by atoms with van der Waals surface area (Å²) in [6, 6.07) is 149. The molecule has 0 radical (unpaired) electrons. The maximum atomic E-state index is 6.56. The quantitative estimate of drug-likeness (QED) is 0.141. The summed E-state index contributed by atoms with van der Waals surface area (Å²) in [5, 5.41) is 3.99. The van der Waals surface area contributed by atoms with Gasteiger partial charge in [0.15, 0.2) is 34.9 Å². The fraction of sp³-hybridized carbons (Fsp3) is 0.0172. The fourth-order valence-corrected chi connectivity index (χ4v) is 21.1. The number of benzene rings is 18. The van der Waals surface area contributed by atoms with E-state index in [4.69, 9.17) is 38.7 Å². The number of fused-ring (bicyclic) bond motifs is 30. The van der Waals surface area contributed by atoms with E-state index in [9.17, 15) is 0 Å². The highest BCUT2D eigenvalue weighted by molar-refractivity contribution is 6.12. The summed E-state index contributed by atoms with van der Waals surface area (Å²) in [5.74, 6) is 3.41. The summed E-state index contributed by atoms with van der Waals surface area (Å²) in [6.07, 6.45) is 0. The van der Waals surface area contributed by atoms with Gasteiger partial charge < -0.3 is 8.83 Å². The molecule has 0 saturated heterocycles. The van der Waals surface area contributed by atoms with Gasteiger partial charge in [0.2, 0.25) is 0 Å². The highest BCUT2D eigenvalue weighted by Crippen LogP contribution is 2.64. The molecule has 0 N–H and O–H groups in total. The molecule has 1 unspecified atom stereocenters. The van der Waals surface area contributed by atoms with E-state index in [0.717, 1.165) is 133 Å². The molecule has 0 amide bonds. The van der Waals surface area contributed by atoms with Crippen LogP contribution >= 0.6 is 0 Å².